The fourth-order valence-electron chi connectivity index (χ4n) is 2.47. The molecule has 24 heavy (non-hydrogen) atoms. The van der Waals surface area contributed by atoms with Crippen LogP contribution in [-0.2, 0) is 4.74 Å². The van der Waals surface area contributed by atoms with Gasteiger partial charge in [-0.25, -0.2) is 4.79 Å². The molecule has 3 rings (SSSR count). The van der Waals surface area contributed by atoms with Crippen LogP contribution in [0.5, 0.6) is 0 Å². The van der Waals surface area contributed by atoms with Crippen LogP contribution in [0.15, 0.2) is 53.0 Å². The lowest BCUT2D eigenvalue weighted by Crippen LogP contribution is -2.34. The lowest BCUT2D eigenvalue weighted by Gasteiger charge is -2.13. The van der Waals surface area contributed by atoms with Gasteiger partial charge in [0.15, 0.2) is 0 Å². The first kappa shape index (κ1) is 16.5. The molecule has 5 nitrogen and oxygen atoms in total. The van der Waals surface area contributed by atoms with Crippen molar-refractivity contribution in [3.8, 4) is 0 Å². The van der Waals surface area contributed by atoms with Crippen molar-refractivity contribution in [1.29, 1.82) is 0 Å². The van der Waals surface area contributed by atoms with Crippen LogP contribution in [0.1, 0.15) is 15.9 Å². The van der Waals surface area contributed by atoms with E-state index in [1.165, 1.54) is 0 Å². The van der Waals surface area contributed by atoms with E-state index in [0.29, 0.717) is 12.1 Å². The van der Waals surface area contributed by atoms with Gasteiger partial charge in [-0.1, -0.05) is 33.6 Å². The average molecular weight is 389 g/mol. The zero-order valence-corrected chi connectivity index (χ0v) is 14.7. The molecule has 6 heteroatoms. The lowest BCUT2D eigenvalue weighted by atomic mass is 10.2. The Hall–Kier alpha value is -2.34. The molecule has 1 fully saturated rings. The van der Waals surface area contributed by atoms with Crippen molar-refractivity contribution in [1.82, 2.24) is 5.32 Å². The molecule has 0 saturated carbocycles. The molecule has 2 aromatic carbocycles. The van der Waals surface area contributed by atoms with Gasteiger partial charge in [-0.3, -0.25) is 9.69 Å². The molecule has 1 heterocycles. The van der Waals surface area contributed by atoms with E-state index >= 15 is 0 Å². The van der Waals surface area contributed by atoms with Crippen LogP contribution in [0.25, 0.3) is 0 Å². The first-order valence-corrected chi connectivity index (χ1v) is 8.41. The first-order valence-electron chi connectivity index (χ1n) is 7.61. The number of aryl methyl sites for hydroxylation is 1. The van der Waals surface area contributed by atoms with E-state index in [4.69, 9.17) is 4.74 Å². The molecule has 0 aromatic heterocycles. The summed E-state index contributed by atoms with van der Waals surface area (Å²) in [5.41, 5.74) is 2.50. The van der Waals surface area contributed by atoms with Gasteiger partial charge in [0.05, 0.1) is 13.1 Å². The highest BCUT2D eigenvalue weighted by molar-refractivity contribution is 9.10. The number of nitrogens with one attached hydrogen (secondary N) is 1. The van der Waals surface area contributed by atoms with Crippen LogP contribution in [0.2, 0.25) is 0 Å². The summed E-state index contributed by atoms with van der Waals surface area (Å²) in [6, 6.07) is 14.8. The molecule has 2 amide bonds. The molecule has 0 radical (unpaired) electrons. The Morgan fingerprint density at radius 2 is 1.88 bits per heavy atom. The van der Waals surface area contributed by atoms with Crippen LogP contribution >= 0.6 is 15.9 Å². The van der Waals surface area contributed by atoms with E-state index in [1.807, 2.05) is 43.3 Å². The Bertz CT molecular complexity index is 744. The Morgan fingerprint density at radius 3 is 2.54 bits per heavy atom. The van der Waals surface area contributed by atoms with Gasteiger partial charge in [-0.05, 0) is 43.3 Å². The van der Waals surface area contributed by atoms with Crippen molar-refractivity contribution >= 4 is 33.6 Å². The number of benzene rings is 2. The fourth-order valence-corrected chi connectivity index (χ4v) is 2.74. The summed E-state index contributed by atoms with van der Waals surface area (Å²) in [7, 11) is 0. The minimum Gasteiger partial charge on any atom is -0.442 e. The van der Waals surface area contributed by atoms with Crippen molar-refractivity contribution in [2.45, 2.75) is 13.0 Å². The van der Waals surface area contributed by atoms with Gasteiger partial charge in [0.25, 0.3) is 5.91 Å². The summed E-state index contributed by atoms with van der Waals surface area (Å²) >= 11 is 3.33. The molecule has 0 spiro atoms. The standard InChI is InChI=1S/C18H17BrN2O3/c1-12-2-8-15(9-3-12)21-11-16(24-18(21)23)10-20-17(22)13-4-6-14(19)7-5-13/h2-9,16H,10-11H2,1H3,(H,20,22). The number of amides is 2. The molecular formula is C18H17BrN2O3. The molecule has 1 aliphatic heterocycles. The molecule has 0 bridgehead atoms. The van der Waals surface area contributed by atoms with E-state index in [-0.39, 0.29) is 24.6 Å². The fraction of sp³-hybridized carbons (Fsp3) is 0.222. The normalized spacial score (nSPS) is 16.8. The van der Waals surface area contributed by atoms with Crippen molar-refractivity contribution in [3.05, 3.63) is 64.1 Å². The number of carbonyl (C=O) groups is 2. The molecule has 1 aliphatic rings. The quantitative estimate of drug-likeness (QED) is 0.871. The van der Waals surface area contributed by atoms with E-state index < -0.39 is 0 Å². The van der Waals surface area contributed by atoms with E-state index in [1.54, 1.807) is 17.0 Å². The molecule has 1 unspecified atom stereocenters. The Balaban J connectivity index is 1.57. The predicted molar refractivity (Wildman–Crippen MR) is 95.3 cm³/mol. The highest BCUT2D eigenvalue weighted by atomic mass is 79.9. The zero-order valence-electron chi connectivity index (χ0n) is 13.2. The highest BCUT2D eigenvalue weighted by Gasteiger charge is 2.32. The maximum Gasteiger partial charge on any atom is 0.414 e. The largest absolute Gasteiger partial charge is 0.442 e. The minimum absolute atomic E-state index is 0.188. The van der Waals surface area contributed by atoms with Gasteiger partial charge >= 0.3 is 6.09 Å². The number of cyclic esters (lactones) is 1. The van der Waals surface area contributed by atoms with Crippen LogP contribution in [0, 0.1) is 6.92 Å². The van der Waals surface area contributed by atoms with E-state index in [9.17, 15) is 9.59 Å². The third-order valence-corrected chi connectivity index (χ3v) is 4.35. The number of carbonyl (C=O) groups excluding carboxylic acids is 2. The summed E-state index contributed by atoms with van der Waals surface area (Å²) in [5, 5.41) is 2.80. The molecule has 1 N–H and O–H groups in total. The van der Waals surface area contributed by atoms with Gasteiger partial charge in [0.1, 0.15) is 6.10 Å². The number of rotatable bonds is 4. The predicted octanol–water partition coefficient (Wildman–Crippen LogP) is 3.51. The number of hydrogen-bond acceptors (Lipinski definition) is 3. The van der Waals surface area contributed by atoms with E-state index in [2.05, 4.69) is 21.2 Å². The lowest BCUT2D eigenvalue weighted by molar-refractivity contribution is 0.0916. The smallest absolute Gasteiger partial charge is 0.414 e. The van der Waals surface area contributed by atoms with Crippen molar-refractivity contribution in [2.75, 3.05) is 18.0 Å². The first-order chi connectivity index (χ1) is 11.5. The Labute approximate surface area is 148 Å². The second-order valence-electron chi connectivity index (χ2n) is 5.67. The van der Waals surface area contributed by atoms with Crippen molar-refractivity contribution in [3.63, 3.8) is 0 Å². The summed E-state index contributed by atoms with van der Waals surface area (Å²) in [5.74, 6) is -0.188. The number of halogens is 1. The summed E-state index contributed by atoms with van der Waals surface area (Å²) in [4.78, 5) is 25.7. The minimum atomic E-state index is -0.387. The van der Waals surface area contributed by atoms with Gasteiger partial charge < -0.3 is 10.1 Å². The maximum atomic E-state index is 12.1. The van der Waals surface area contributed by atoms with Crippen molar-refractivity contribution < 1.29 is 14.3 Å². The molecule has 0 aliphatic carbocycles. The topological polar surface area (TPSA) is 58.6 Å². The second kappa shape index (κ2) is 7.05. The SMILES string of the molecule is Cc1ccc(N2CC(CNC(=O)c3ccc(Br)cc3)OC2=O)cc1. The number of hydrogen-bond donors (Lipinski definition) is 1. The van der Waals surface area contributed by atoms with Crippen LogP contribution in [0.3, 0.4) is 0 Å². The maximum absolute atomic E-state index is 12.1. The van der Waals surface area contributed by atoms with E-state index in [0.717, 1.165) is 15.7 Å². The summed E-state index contributed by atoms with van der Waals surface area (Å²) in [6.45, 7) is 2.69. The van der Waals surface area contributed by atoms with Crippen LogP contribution in [-0.4, -0.2) is 31.2 Å². The highest BCUT2D eigenvalue weighted by Crippen LogP contribution is 2.21. The Kier molecular flexibility index (Phi) is 4.85. The molecule has 1 saturated heterocycles. The molecule has 2 aromatic rings. The Morgan fingerprint density at radius 1 is 1.21 bits per heavy atom. The van der Waals surface area contributed by atoms with Crippen LogP contribution in [0.4, 0.5) is 10.5 Å². The molecule has 1 atom stereocenters. The summed E-state index contributed by atoms with van der Waals surface area (Å²) in [6.07, 6.45) is -0.750. The average Bonchev–Trinajstić information content (AvgIpc) is 2.95. The number of anilines is 1. The van der Waals surface area contributed by atoms with Gasteiger partial charge in [-0.2, -0.15) is 0 Å². The van der Waals surface area contributed by atoms with Gasteiger partial charge in [0, 0.05) is 15.7 Å². The number of ether oxygens (including phenoxy) is 1. The van der Waals surface area contributed by atoms with Crippen LogP contribution < -0.4 is 10.2 Å². The third-order valence-electron chi connectivity index (χ3n) is 3.82. The third kappa shape index (κ3) is 3.76. The van der Waals surface area contributed by atoms with Gasteiger partial charge in [0.2, 0.25) is 0 Å². The summed E-state index contributed by atoms with van der Waals surface area (Å²) < 4.78 is 6.24. The second-order valence-corrected chi connectivity index (χ2v) is 6.58. The molecule has 124 valence electrons. The number of nitrogens with zero attached hydrogens (tertiary/aromatic N) is 1. The molecular weight excluding hydrogens is 372 g/mol. The van der Waals surface area contributed by atoms with Gasteiger partial charge in [-0.15, -0.1) is 0 Å². The van der Waals surface area contributed by atoms with Crippen molar-refractivity contribution in [2.24, 2.45) is 0 Å². The monoisotopic (exact) mass is 388 g/mol. The zero-order chi connectivity index (χ0) is 17.1.